The fourth-order valence-corrected chi connectivity index (χ4v) is 4.16. The van der Waals surface area contributed by atoms with Crippen molar-refractivity contribution >= 4 is 22.6 Å². The molecule has 1 aliphatic heterocycles. The SMILES string of the molecule is CCCCC(=O)NCC1CCN(c2nc(Cc3cccc(OC)c3)ns2)CC1. The number of amides is 1. The van der Waals surface area contributed by atoms with Crippen molar-refractivity contribution in [1.29, 1.82) is 0 Å². The quantitative estimate of drug-likeness (QED) is 0.693. The number of carbonyl (C=O) groups is 1. The minimum Gasteiger partial charge on any atom is -0.497 e. The average Bonchev–Trinajstić information content (AvgIpc) is 3.19. The maximum absolute atomic E-state index is 11.8. The van der Waals surface area contributed by atoms with Gasteiger partial charge < -0.3 is 15.0 Å². The number of hydrogen-bond donors (Lipinski definition) is 1. The van der Waals surface area contributed by atoms with Crippen LogP contribution in [0.3, 0.4) is 0 Å². The van der Waals surface area contributed by atoms with E-state index in [0.717, 1.165) is 67.6 Å². The van der Waals surface area contributed by atoms with Gasteiger partial charge in [-0.3, -0.25) is 4.79 Å². The topological polar surface area (TPSA) is 67.4 Å². The van der Waals surface area contributed by atoms with Crippen molar-refractivity contribution < 1.29 is 9.53 Å². The summed E-state index contributed by atoms with van der Waals surface area (Å²) >= 11 is 1.48. The van der Waals surface area contributed by atoms with Gasteiger partial charge in [-0.15, -0.1) is 0 Å². The van der Waals surface area contributed by atoms with Crippen LogP contribution in [0.5, 0.6) is 5.75 Å². The Morgan fingerprint density at radius 2 is 2.18 bits per heavy atom. The van der Waals surface area contributed by atoms with Gasteiger partial charge in [-0.25, -0.2) is 4.98 Å². The second-order valence-corrected chi connectivity index (χ2v) is 8.09. The van der Waals surface area contributed by atoms with Crippen molar-refractivity contribution in [3.8, 4) is 5.75 Å². The number of anilines is 1. The number of ether oxygens (including phenoxy) is 1. The highest BCUT2D eigenvalue weighted by Gasteiger charge is 2.22. The smallest absolute Gasteiger partial charge is 0.220 e. The van der Waals surface area contributed by atoms with Crippen LogP contribution in [0.2, 0.25) is 0 Å². The number of rotatable bonds is 9. The predicted octanol–water partition coefficient (Wildman–Crippen LogP) is 3.66. The monoisotopic (exact) mass is 402 g/mol. The third-order valence-electron chi connectivity index (χ3n) is 5.18. The fourth-order valence-electron chi connectivity index (χ4n) is 3.42. The maximum Gasteiger partial charge on any atom is 0.220 e. The van der Waals surface area contributed by atoms with Gasteiger partial charge in [0.1, 0.15) is 11.6 Å². The molecule has 0 spiro atoms. The summed E-state index contributed by atoms with van der Waals surface area (Å²) in [5, 5.41) is 4.09. The number of hydrogen-bond acceptors (Lipinski definition) is 6. The lowest BCUT2D eigenvalue weighted by atomic mass is 9.97. The van der Waals surface area contributed by atoms with Gasteiger partial charge in [-0.1, -0.05) is 25.5 Å². The molecule has 2 heterocycles. The largest absolute Gasteiger partial charge is 0.497 e. The van der Waals surface area contributed by atoms with Gasteiger partial charge in [0.15, 0.2) is 0 Å². The van der Waals surface area contributed by atoms with Crippen molar-refractivity contribution in [3.63, 3.8) is 0 Å². The number of benzene rings is 1. The molecule has 0 radical (unpaired) electrons. The lowest BCUT2D eigenvalue weighted by molar-refractivity contribution is -0.121. The van der Waals surface area contributed by atoms with Crippen LogP contribution in [-0.2, 0) is 11.2 Å². The molecule has 1 aliphatic rings. The second kappa shape index (κ2) is 10.4. The van der Waals surface area contributed by atoms with E-state index in [1.807, 2.05) is 18.2 Å². The Kier molecular flexibility index (Phi) is 7.65. The molecule has 1 aromatic heterocycles. The van der Waals surface area contributed by atoms with Crippen molar-refractivity contribution in [2.24, 2.45) is 5.92 Å². The van der Waals surface area contributed by atoms with Gasteiger partial charge >= 0.3 is 0 Å². The average molecular weight is 403 g/mol. The Balaban J connectivity index is 1.45. The summed E-state index contributed by atoms with van der Waals surface area (Å²) in [6.07, 6.45) is 5.56. The molecule has 0 saturated carbocycles. The minimum absolute atomic E-state index is 0.190. The fraction of sp³-hybridized carbons (Fsp3) is 0.571. The van der Waals surface area contributed by atoms with Crippen LogP contribution in [0.1, 0.15) is 50.4 Å². The summed E-state index contributed by atoms with van der Waals surface area (Å²) in [4.78, 5) is 18.8. The summed E-state index contributed by atoms with van der Waals surface area (Å²) in [5.74, 6) is 2.47. The number of unbranched alkanes of at least 4 members (excludes halogenated alkanes) is 1. The zero-order valence-corrected chi connectivity index (χ0v) is 17.6. The summed E-state index contributed by atoms with van der Waals surface area (Å²) in [6.45, 7) is 4.86. The molecular weight excluding hydrogens is 372 g/mol. The summed E-state index contributed by atoms with van der Waals surface area (Å²) in [7, 11) is 1.68. The molecule has 3 rings (SSSR count). The molecule has 1 saturated heterocycles. The predicted molar refractivity (Wildman–Crippen MR) is 113 cm³/mol. The highest BCUT2D eigenvalue weighted by atomic mass is 32.1. The number of aromatic nitrogens is 2. The van der Waals surface area contributed by atoms with E-state index in [1.165, 1.54) is 11.5 Å². The molecule has 0 bridgehead atoms. The van der Waals surface area contributed by atoms with Gasteiger partial charge in [0.25, 0.3) is 0 Å². The molecular formula is C21H30N4O2S. The van der Waals surface area contributed by atoms with E-state index in [0.29, 0.717) is 18.8 Å². The number of piperidine rings is 1. The molecule has 2 aromatic rings. The molecule has 6 nitrogen and oxygen atoms in total. The number of nitrogens with one attached hydrogen (secondary N) is 1. The molecule has 0 atom stereocenters. The third-order valence-corrected chi connectivity index (χ3v) is 6.00. The molecule has 1 N–H and O–H groups in total. The first kappa shape index (κ1) is 20.6. The first-order valence-electron chi connectivity index (χ1n) is 10.1. The zero-order chi connectivity index (χ0) is 19.8. The number of nitrogens with zero attached hydrogens (tertiary/aromatic N) is 3. The van der Waals surface area contributed by atoms with Crippen molar-refractivity contribution in [1.82, 2.24) is 14.7 Å². The highest BCUT2D eigenvalue weighted by Crippen LogP contribution is 2.25. The van der Waals surface area contributed by atoms with Crippen LogP contribution < -0.4 is 15.0 Å². The van der Waals surface area contributed by atoms with Gasteiger partial charge in [0.05, 0.1) is 7.11 Å². The summed E-state index contributed by atoms with van der Waals surface area (Å²) in [5.41, 5.74) is 1.15. The Hall–Kier alpha value is -2.15. The van der Waals surface area contributed by atoms with E-state index in [1.54, 1.807) is 7.11 Å². The van der Waals surface area contributed by atoms with Crippen LogP contribution in [0.4, 0.5) is 5.13 Å². The normalized spacial score (nSPS) is 14.9. The number of methoxy groups -OCH3 is 1. The second-order valence-electron chi connectivity index (χ2n) is 7.36. The van der Waals surface area contributed by atoms with Gasteiger partial charge in [-0.2, -0.15) is 4.37 Å². The van der Waals surface area contributed by atoms with Crippen LogP contribution in [-0.4, -0.2) is 42.0 Å². The lowest BCUT2D eigenvalue weighted by Gasteiger charge is -2.31. The molecule has 152 valence electrons. The third kappa shape index (κ3) is 5.92. The molecule has 0 aliphatic carbocycles. The van der Waals surface area contributed by atoms with Crippen LogP contribution in [0.15, 0.2) is 24.3 Å². The molecule has 1 aromatic carbocycles. The summed E-state index contributed by atoms with van der Waals surface area (Å²) in [6, 6.07) is 8.04. The van der Waals surface area contributed by atoms with Crippen LogP contribution in [0.25, 0.3) is 0 Å². The van der Waals surface area contributed by atoms with E-state index in [4.69, 9.17) is 9.72 Å². The van der Waals surface area contributed by atoms with E-state index in [9.17, 15) is 4.79 Å². The van der Waals surface area contributed by atoms with E-state index < -0.39 is 0 Å². The van der Waals surface area contributed by atoms with E-state index in [2.05, 4.69) is 27.6 Å². The first-order chi connectivity index (χ1) is 13.7. The van der Waals surface area contributed by atoms with Gasteiger partial charge in [0.2, 0.25) is 11.0 Å². The maximum atomic E-state index is 11.8. The molecule has 1 amide bonds. The van der Waals surface area contributed by atoms with Crippen LogP contribution >= 0.6 is 11.5 Å². The summed E-state index contributed by atoms with van der Waals surface area (Å²) < 4.78 is 9.82. The Bertz CT molecular complexity index is 756. The molecule has 1 fully saturated rings. The Labute approximate surface area is 171 Å². The van der Waals surface area contributed by atoms with Crippen molar-refractivity contribution in [2.75, 3.05) is 31.6 Å². The Morgan fingerprint density at radius 1 is 1.36 bits per heavy atom. The molecule has 0 unspecified atom stereocenters. The number of carbonyl (C=O) groups excluding carboxylic acids is 1. The van der Waals surface area contributed by atoms with Gasteiger partial charge in [-0.05, 0) is 42.9 Å². The Morgan fingerprint density at radius 3 is 2.93 bits per heavy atom. The van der Waals surface area contributed by atoms with Crippen LogP contribution in [0, 0.1) is 5.92 Å². The molecule has 28 heavy (non-hydrogen) atoms. The van der Waals surface area contributed by atoms with Crippen molar-refractivity contribution in [2.45, 2.75) is 45.4 Å². The van der Waals surface area contributed by atoms with Crippen molar-refractivity contribution in [3.05, 3.63) is 35.7 Å². The standard InChI is InChI=1S/C21H30N4O2S/c1-3-4-8-20(26)22-15-16-9-11-25(12-10-16)21-23-19(24-28-21)14-17-6-5-7-18(13-17)27-2/h5-7,13,16H,3-4,8-12,14-15H2,1-2H3,(H,22,26). The minimum atomic E-state index is 0.190. The lowest BCUT2D eigenvalue weighted by Crippen LogP contribution is -2.38. The first-order valence-corrected chi connectivity index (χ1v) is 10.9. The molecule has 7 heteroatoms. The van der Waals surface area contributed by atoms with E-state index in [-0.39, 0.29) is 5.91 Å². The zero-order valence-electron chi connectivity index (χ0n) is 16.8. The highest BCUT2D eigenvalue weighted by molar-refractivity contribution is 7.09. The van der Waals surface area contributed by atoms with Gasteiger partial charge in [0, 0.05) is 44.0 Å². The van der Waals surface area contributed by atoms with E-state index >= 15 is 0 Å².